The Hall–Kier alpha value is -4.01. The number of aromatic nitrogens is 3. The SMILES string of the molecule is NS(=O)(=O)c1ccc(-c2nc3cnccc3n2-c2ccc(Oc3ccccc3)cc2)cc1. The zero-order chi connectivity index (χ0) is 22.1. The first-order chi connectivity index (χ1) is 15.5. The fourth-order valence-corrected chi connectivity index (χ4v) is 3.98. The second-order valence-electron chi connectivity index (χ2n) is 7.11. The molecule has 5 aromatic rings. The maximum atomic E-state index is 11.6. The number of hydrogen-bond acceptors (Lipinski definition) is 5. The summed E-state index contributed by atoms with van der Waals surface area (Å²) in [5.41, 5.74) is 3.23. The van der Waals surface area contributed by atoms with Crippen molar-refractivity contribution >= 4 is 21.1 Å². The molecule has 2 aromatic heterocycles. The zero-order valence-electron chi connectivity index (χ0n) is 16.8. The van der Waals surface area contributed by atoms with Gasteiger partial charge in [-0.15, -0.1) is 0 Å². The summed E-state index contributed by atoms with van der Waals surface area (Å²) in [6, 6.07) is 25.5. The third kappa shape index (κ3) is 3.84. The number of imidazole rings is 1. The number of rotatable bonds is 5. The largest absolute Gasteiger partial charge is 0.457 e. The van der Waals surface area contributed by atoms with Gasteiger partial charge in [-0.05, 0) is 66.7 Å². The van der Waals surface area contributed by atoms with E-state index < -0.39 is 10.0 Å². The minimum Gasteiger partial charge on any atom is -0.457 e. The van der Waals surface area contributed by atoms with E-state index >= 15 is 0 Å². The standard InChI is InChI=1S/C24H18N4O3S/c25-32(29,30)21-12-6-17(7-13-21)24-27-22-16-26-15-14-23(22)28(24)18-8-10-20(11-9-18)31-19-4-2-1-3-5-19/h1-16H,(H2,25,29,30). The van der Waals surface area contributed by atoms with Crippen LogP contribution in [0.4, 0.5) is 0 Å². The van der Waals surface area contributed by atoms with Crippen LogP contribution in [-0.2, 0) is 10.0 Å². The van der Waals surface area contributed by atoms with Gasteiger partial charge in [0.1, 0.15) is 22.8 Å². The molecule has 0 aliphatic heterocycles. The summed E-state index contributed by atoms with van der Waals surface area (Å²) in [5.74, 6) is 2.13. The van der Waals surface area contributed by atoms with E-state index in [0.717, 1.165) is 28.0 Å². The molecule has 0 atom stereocenters. The van der Waals surface area contributed by atoms with Crippen molar-refractivity contribution in [2.24, 2.45) is 5.14 Å². The zero-order valence-corrected chi connectivity index (χ0v) is 17.6. The Morgan fingerprint density at radius 2 is 1.50 bits per heavy atom. The monoisotopic (exact) mass is 442 g/mol. The second kappa shape index (κ2) is 7.92. The molecule has 32 heavy (non-hydrogen) atoms. The normalized spacial score (nSPS) is 11.5. The van der Waals surface area contributed by atoms with Crippen molar-refractivity contribution in [2.75, 3.05) is 0 Å². The van der Waals surface area contributed by atoms with Crippen LogP contribution in [0.2, 0.25) is 0 Å². The lowest BCUT2D eigenvalue weighted by molar-refractivity contribution is 0.482. The van der Waals surface area contributed by atoms with E-state index in [2.05, 4.69) is 4.98 Å². The van der Waals surface area contributed by atoms with Crippen molar-refractivity contribution in [3.8, 4) is 28.6 Å². The van der Waals surface area contributed by atoms with Crippen molar-refractivity contribution in [3.05, 3.63) is 97.3 Å². The number of primary sulfonamides is 1. The van der Waals surface area contributed by atoms with E-state index in [4.69, 9.17) is 14.9 Å². The molecular formula is C24H18N4O3S. The fourth-order valence-electron chi connectivity index (χ4n) is 3.47. The summed E-state index contributed by atoms with van der Waals surface area (Å²) in [6.45, 7) is 0. The van der Waals surface area contributed by atoms with Crippen LogP contribution in [0.15, 0.2) is 102 Å². The number of hydrogen-bond donors (Lipinski definition) is 1. The van der Waals surface area contributed by atoms with Gasteiger partial charge in [-0.3, -0.25) is 9.55 Å². The van der Waals surface area contributed by atoms with Crippen LogP contribution in [0.3, 0.4) is 0 Å². The van der Waals surface area contributed by atoms with Gasteiger partial charge in [0.25, 0.3) is 0 Å². The van der Waals surface area contributed by atoms with E-state index in [1.165, 1.54) is 12.1 Å². The highest BCUT2D eigenvalue weighted by Gasteiger charge is 2.16. The lowest BCUT2D eigenvalue weighted by Gasteiger charge is -2.11. The molecule has 0 aliphatic rings. The third-order valence-corrected chi connectivity index (χ3v) is 5.90. The molecule has 0 amide bonds. The summed E-state index contributed by atoms with van der Waals surface area (Å²) in [4.78, 5) is 8.95. The molecule has 0 unspecified atom stereocenters. The molecule has 3 aromatic carbocycles. The molecule has 0 aliphatic carbocycles. The van der Waals surface area contributed by atoms with E-state index in [1.807, 2.05) is 65.2 Å². The molecule has 0 radical (unpaired) electrons. The van der Waals surface area contributed by atoms with Crippen LogP contribution in [0, 0.1) is 0 Å². The predicted octanol–water partition coefficient (Wildman–Crippen LogP) is 4.53. The molecular weight excluding hydrogens is 424 g/mol. The molecule has 2 N–H and O–H groups in total. The summed E-state index contributed by atoms with van der Waals surface area (Å²) in [7, 11) is -3.77. The lowest BCUT2D eigenvalue weighted by Crippen LogP contribution is -2.11. The average molecular weight is 443 g/mol. The molecule has 0 bridgehead atoms. The first-order valence-corrected chi connectivity index (χ1v) is 11.3. The van der Waals surface area contributed by atoms with Gasteiger partial charge < -0.3 is 4.74 Å². The summed E-state index contributed by atoms with van der Waals surface area (Å²) in [6.07, 6.45) is 3.40. The predicted molar refractivity (Wildman–Crippen MR) is 122 cm³/mol. The van der Waals surface area contributed by atoms with Crippen LogP contribution in [0.1, 0.15) is 0 Å². The Kier molecular flexibility index (Phi) is 4.93. The maximum Gasteiger partial charge on any atom is 0.238 e. The van der Waals surface area contributed by atoms with Crippen molar-refractivity contribution in [3.63, 3.8) is 0 Å². The molecule has 0 saturated heterocycles. The smallest absolute Gasteiger partial charge is 0.238 e. The quantitative estimate of drug-likeness (QED) is 0.431. The number of ether oxygens (including phenoxy) is 1. The van der Waals surface area contributed by atoms with Gasteiger partial charge in [-0.1, -0.05) is 18.2 Å². The maximum absolute atomic E-state index is 11.6. The Labute approximate surface area is 184 Å². The highest BCUT2D eigenvalue weighted by Crippen LogP contribution is 2.30. The van der Waals surface area contributed by atoms with Gasteiger partial charge >= 0.3 is 0 Å². The Bertz CT molecular complexity index is 1500. The van der Waals surface area contributed by atoms with Gasteiger partial charge in [-0.25, -0.2) is 18.5 Å². The van der Waals surface area contributed by atoms with Gasteiger partial charge in [-0.2, -0.15) is 0 Å². The molecule has 2 heterocycles. The Morgan fingerprint density at radius 1 is 0.812 bits per heavy atom. The van der Waals surface area contributed by atoms with Crippen molar-refractivity contribution in [2.45, 2.75) is 4.90 Å². The molecule has 0 spiro atoms. The third-order valence-electron chi connectivity index (χ3n) is 4.97. The number of pyridine rings is 1. The number of fused-ring (bicyclic) bond motifs is 1. The van der Waals surface area contributed by atoms with E-state index in [1.54, 1.807) is 24.5 Å². The van der Waals surface area contributed by atoms with E-state index in [-0.39, 0.29) is 4.90 Å². The van der Waals surface area contributed by atoms with Crippen LogP contribution >= 0.6 is 0 Å². The van der Waals surface area contributed by atoms with Crippen LogP contribution < -0.4 is 9.88 Å². The highest BCUT2D eigenvalue weighted by atomic mass is 32.2. The van der Waals surface area contributed by atoms with Gasteiger partial charge in [0, 0.05) is 17.4 Å². The molecule has 0 saturated carbocycles. The summed E-state index contributed by atoms with van der Waals surface area (Å²) in [5, 5.41) is 5.23. The molecule has 7 nitrogen and oxygen atoms in total. The van der Waals surface area contributed by atoms with Gasteiger partial charge in [0.05, 0.1) is 16.6 Å². The van der Waals surface area contributed by atoms with Crippen molar-refractivity contribution in [1.82, 2.24) is 14.5 Å². The van der Waals surface area contributed by atoms with Crippen LogP contribution in [0.5, 0.6) is 11.5 Å². The minimum absolute atomic E-state index is 0.0491. The minimum atomic E-state index is -3.77. The fraction of sp³-hybridized carbons (Fsp3) is 0. The van der Waals surface area contributed by atoms with Gasteiger partial charge in [0.15, 0.2) is 0 Å². The van der Waals surface area contributed by atoms with Gasteiger partial charge in [0.2, 0.25) is 10.0 Å². The number of para-hydroxylation sites is 1. The number of nitrogens with zero attached hydrogens (tertiary/aromatic N) is 3. The van der Waals surface area contributed by atoms with Crippen LogP contribution in [-0.4, -0.2) is 23.0 Å². The molecule has 158 valence electrons. The van der Waals surface area contributed by atoms with Crippen LogP contribution in [0.25, 0.3) is 28.1 Å². The van der Waals surface area contributed by atoms with E-state index in [9.17, 15) is 8.42 Å². The number of nitrogens with two attached hydrogens (primary N) is 1. The summed E-state index contributed by atoms with van der Waals surface area (Å²) < 4.78 is 31.1. The summed E-state index contributed by atoms with van der Waals surface area (Å²) >= 11 is 0. The molecule has 0 fully saturated rings. The number of benzene rings is 3. The van der Waals surface area contributed by atoms with Crippen molar-refractivity contribution < 1.29 is 13.2 Å². The number of sulfonamides is 1. The average Bonchev–Trinajstić information content (AvgIpc) is 3.19. The topological polar surface area (TPSA) is 100 Å². The van der Waals surface area contributed by atoms with Crippen molar-refractivity contribution in [1.29, 1.82) is 0 Å². The Balaban J connectivity index is 1.58. The lowest BCUT2D eigenvalue weighted by atomic mass is 10.2. The first-order valence-electron chi connectivity index (χ1n) is 9.78. The van der Waals surface area contributed by atoms with E-state index in [0.29, 0.717) is 11.6 Å². The second-order valence-corrected chi connectivity index (χ2v) is 8.68. The first kappa shape index (κ1) is 19.9. The molecule has 5 rings (SSSR count). The Morgan fingerprint density at radius 3 is 2.19 bits per heavy atom. The molecule has 8 heteroatoms. The highest BCUT2D eigenvalue weighted by molar-refractivity contribution is 7.89.